The molecule has 1 aliphatic heterocycles. The van der Waals surface area contributed by atoms with E-state index in [1.165, 1.54) is 0 Å². The lowest BCUT2D eigenvalue weighted by Gasteiger charge is -2.31. The molecule has 0 bridgehead atoms. The van der Waals surface area contributed by atoms with Crippen molar-refractivity contribution < 1.29 is 24.3 Å². The van der Waals surface area contributed by atoms with Crippen molar-refractivity contribution in [3.63, 3.8) is 0 Å². The normalized spacial score (nSPS) is 18.0. The van der Waals surface area contributed by atoms with Gasteiger partial charge in [-0.05, 0) is 42.7 Å². The highest BCUT2D eigenvalue weighted by Crippen LogP contribution is 2.35. The first-order chi connectivity index (χ1) is 16.2. The average Bonchev–Trinajstić information content (AvgIpc) is 3.02. The standard InChI is InChI=1S/C24H23Cl2N3O5/c25-16-5-4-6-17(26)19(16)20(30)27-15-9-7-14(8-10-15)13-18(21(31)32)29-22(33)24(28-23(29)34)11-2-1-3-12-24/h4-10,18H,1-3,11-13H2,(H,27,30)(H,28,34)(H,31,32)/t18-/m0/s1. The van der Waals surface area contributed by atoms with E-state index in [1.807, 2.05) is 0 Å². The topological polar surface area (TPSA) is 116 Å². The lowest BCUT2D eigenvalue weighted by atomic mass is 9.81. The molecule has 34 heavy (non-hydrogen) atoms. The fraction of sp³-hybridized carbons (Fsp3) is 0.333. The molecule has 2 aliphatic rings. The van der Waals surface area contributed by atoms with Gasteiger partial charge >= 0.3 is 12.0 Å². The molecule has 1 aliphatic carbocycles. The minimum absolute atomic E-state index is 0.0604. The number of nitrogens with one attached hydrogen (secondary N) is 2. The van der Waals surface area contributed by atoms with Gasteiger partial charge in [0.15, 0.2) is 0 Å². The number of benzene rings is 2. The first-order valence-electron chi connectivity index (χ1n) is 10.9. The third kappa shape index (κ3) is 4.60. The van der Waals surface area contributed by atoms with Crippen molar-refractivity contribution in [1.29, 1.82) is 0 Å². The second-order valence-electron chi connectivity index (χ2n) is 8.55. The van der Waals surface area contributed by atoms with Crippen LogP contribution < -0.4 is 10.6 Å². The smallest absolute Gasteiger partial charge is 0.327 e. The van der Waals surface area contributed by atoms with Gasteiger partial charge in [-0.3, -0.25) is 9.59 Å². The van der Waals surface area contributed by atoms with Crippen molar-refractivity contribution >= 4 is 52.7 Å². The van der Waals surface area contributed by atoms with Crippen molar-refractivity contribution in [1.82, 2.24) is 10.2 Å². The number of rotatable bonds is 6. The Morgan fingerprint density at radius 3 is 2.24 bits per heavy atom. The van der Waals surface area contributed by atoms with Gasteiger partial charge < -0.3 is 15.7 Å². The SMILES string of the molecule is O=C(Nc1ccc(C[C@@H](C(=O)O)N2C(=O)NC3(CCCCC3)C2=O)cc1)c1c(Cl)cccc1Cl. The Balaban J connectivity index is 1.48. The van der Waals surface area contributed by atoms with Gasteiger partial charge in [0.25, 0.3) is 11.8 Å². The number of hydrogen-bond donors (Lipinski definition) is 3. The summed E-state index contributed by atoms with van der Waals surface area (Å²) in [7, 11) is 0. The summed E-state index contributed by atoms with van der Waals surface area (Å²) in [6, 6.07) is 9.22. The number of imide groups is 1. The number of halogens is 2. The molecule has 8 nitrogen and oxygen atoms in total. The van der Waals surface area contributed by atoms with Crippen molar-refractivity contribution in [3.05, 3.63) is 63.6 Å². The summed E-state index contributed by atoms with van der Waals surface area (Å²) in [5.41, 5.74) is 0.201. The zero-order valence-corrected chi connectivity index (χ0v) is 19.7. The molecule has 4 rings (SSSR count). The van der Waals surface area contributed by atoms with E-state index in [1.54, 1.807) is 42.5 Å². The number of carbonyl (C=O) groups is 4. The number of nitrogens with zero attached hydrogens (tertiary/aromatic N) is 1. The predicted molar refractivity (Wildman–Crippen MR) is 127 cm³/mol. The van der Waals surface area contributed by atoms with Crippen molar-refractivity contribution in [2.24, 2.45) is 0 Å². The number of amides is 4. The predicted octanol–water partition coefficient (Wildman–Crippen LogP) is 4.50. The molecule has 1 spiro atoms. The van der Waals surface area contributed by atoms with Crippen molar-refractivity contribution in [2.75, 3.05) is 5.32 Å². The van der Waals surface area contributed by atoms with Crippen LogP contribution in [-0.4, -0.2) is 45.4 Å². The van der Waals surface area contributed by atoms with Gasteiger partial charge in [-0.25, -0.2) is 14.5 Å². The maximum Gasteiger partial charge on any atom is 0.327 e. The van der Waals surface area contributed by atoms with Crippen LogP contribution in [0.2, 0.25) is 10.0 Å². The molecule has 10 heteroatoms. The van der Waals surface area contributed by atoms with E-state index in [0.29, 0.717) is 24.1 Å². The first kappa shape index (κ1) is 24.0. The molecule has 2 fully saturated rings. The van der Waals surface area contributed by atoms with Crippen LogP contribution in [0.4, 0.5) is 10.5 Å². The summed E-state index contributed by atoms with van der Waals surface area (Å²) in [6.45, 7) is 0. The summed E-state index contributed by atoms with van der Waals surface area (Å²) in [4.78, 5) is 51.2. The second-order valence-corrected chi connectivity index (χ2v) is 9.37. The second kappa shape index (κ2) is 9.64. The lowest BCUT2D eigenvalue weighted by Crippen LogP contribution is -2.50. The van der Waals surface area contributed by atoms with Gasteiger partial charge in [-0.1, -0.05) is 60.7 Å². The summed E-state index contributed by atoms with van der Waals surface area (Å²) < 4.78 is 0. The van der Waals surface area contributed by atoms with E-state index in [0.717, 1.165) is 24.2 Å². The van der Waals surface area contributed by atoms with Crippen LogP contribution in [0.1, 0.15) is 48.0 Å². The van der Waals surface area contributed by atoms with Crippen LogP contribution in [0.3, 0.4) is 0 Å². The third-order valence-electron chi connectivity index (χ3n) is 6.33. The highest BCUT2D eigenvalue weighted by molar-refractivity contribution is 6.40. The number of urea groups is 1. The van der Waals surface area contributed by atoms with Crippen LogP contribution in [0.5, 0.6) is 0 Å². The van der Waals surface area contributed by atoms with Crippen LogP contribution in [0.15, 0.2) is 42.5 Å². The molecule has 1 saturated carbocycles. The van der Waals surface area contributed by atoms with Crippen LogP contribution in [0.25, 0.3) is 0 Å². The number of aliphatic carboxylic acids is 1. The summed E-state index contributed by atoms with van der Waals surface area (Å²) in [5, 5.41) is 15.7. The molecule has 3 N–H and O–H groups in total. The molecule has 0 unspecified atom stereocenters. The van der Waals surface area contributed by atoms with Gasteiger partial charge in [0.1, 0.15) is 11.6 Å². The van der Waals surface area contributed by atoms with Crippen LogP contribution >= 0.6 is 23.2 Å². The van der Waals surface area contributed by atoms with Gasteiger partial charge in [0.05, 0.1) is 15.6 Å². The minimum atomic E-state index is -1.34. The fourth-order valence-electron chi connectivity index (χ4n) is 4.56. The quantitative estimate of drug-likeness (QED) is 0.502. The molecule has 4 amide bonds. The number of carboxylic acids is 1. The number of hydrogen-bond acceptors (Lipinski definition) is 4. The zero-order chi connectivity index (χ0) is 24.5. The average molecular weight is 504 g/mol. The largest absolute Gasteiger partial charge is 0.480 e. The minimum Gasteiger partial charge on any atom is -0.480 e. The van der Waals surface area contributed by atoms with Gasteiger partial charge in [0, 0.05) is 12.1 Å². The Bertz CT molecular complexity index is 1130. The molecule has 0 radical (unpaired) electrons. The van der Waals surface area contributed by atoms with E-state index in [4.69, 9.17) is 23.2 Å². The molecule has 2 aromatic carbocycles. The molecule has 1 saturated heterocycles. The number of carbonyl (C=O) groups excluding carboxylic acids is 3. The van der Waals surface area contributed by atoms with Crippen molar-refractivity contribution in [2.45, 2.75) is 50.1 Å². The van der Waals surface area contributed by atoms with E-state index >= 15 is 0 Å². The monoisotopic (exact) mass is 503 g/mol. The Labute approximate surface area is 206 Å². The highest BCUT2D eigenvalue weighted by Gasteiger charge is 2.54. The maximum atomic E-state index is 13.1. The third-order valence-corrected chi connectivity index (χ3v) is 6.96. The molecule has 0 aromatic heterocycles. The van der Waals surface area contributed by atoms with E-state index < -0.39 is 35.4 Å². The van der Waals surface area contributed by atoms with Crippen molar-refractivity contribution in [3.8, 4) is 0 Å². The summed E-state index contributed by atoms with van der Waals surface area (Å²) in [5.74, 6) is -2.21. The maximum absolute atomic E-state index is 13.1. The molecule has 1 atom stereocenters. The molecular weight excluding hydrogens is 481 g/mol. The Morgan fingerprint density at radius 2 is 1.65 bits per heavy atom. The van der Waals surface area contributed by atoms with Gasteiger partial charge in [-0.15, -0.1) is 0 Å². The highest BCUT2D eigenvalue weighted by atomic mass is 35.5. The lowest BCUT2D eigenvalue weighted by molar-refractivity contribution is -0.148. The van der Waals surface area contributed by atoms with Crippen LogP contribution in [0, 0.1) is 0 Å². The summed E-state index contributed by atoms with van der Waals surface area (Å²) in [6.07, 6.45) is 3.58. The first-order valence-corrected chi connectivity index (χ1v) is 11.7. The Hall–Kier alpha value is -3.10. The summed E-state index contributed by atoms with van der Waals surface area (Å²) >= 11 is 12.2. The van der Waals surface area contributed by atoms with E-state index in [9.17, 15) is 24.3 Å². The zero-order valence-electron chi connectivity index (χ0n) is 18.1. The molecule has 178 valence electrons. The van der Waals surface area contributed by atoms with Crippen LogP contribution in [-0.2, 0) is 16.0 Å². The molecular formula is C24H23Cl2N3O5. The Kier molecular flexibility index (Phi) is 6.81. The molecule has 2 aromatic rings. The Morgan fingerprint density at radius 1 is 1.03 bits per heavy atom. The van der Waals surface area contributed by atoms with Gasteiger partial charge in [-0.2, -0.15) is 0 Å². The van der Waals surface area contributed by atoms with Gasteiger partial charge in [0.2, 0.25) is 0 Å². The van der Waals surface area contributed by atoms with E-state index in [2.05, 4.69) is 10.6 Å². The number of anilines is 1. The van der Waals surface area contributed by atoms with E-state index in [-0.39, 0.29) is 22.0 Å². The number of carboxylic acid groups (broad SMARTS) is 1. The molecule has 1 heterocycles. The fourth-order valence-corrected chi connectivity index (χ4v) is 5.13.